The van der Waals surface area contributed by atoms with E-state index in [1.165, 1.54) is 43.2 Å². The van der Waals surface area contributed by atoms with Crippen LogP contribution in [0.1, 0.15) is 29.2 Å². The average Bonchev–Trinajstić information content (AvgIpc) is 2.75. The van der Waals surface area contributed by atoms with E-state index >= 15 is 0 Å². The molecule has 0 aliphatic carbocycles. The summed E-state index contributed by atoms with van der Waals surface area (Å²) in [6.07, 6.45) is 0. The minimum absolute atomic E-state index is 0.195. The van der Waals surface area contributed by atoms with Crippen LogP contribution >= 0.6 is 11.8 Å². The van der Waals surface area contributed by atoms with Crippen LogP contribution in [0, 0.1) is 6.92 Å². The lowest BCUT2D eigenvalue weighted by atomic mass is 9.68. The van der Waals surface area contributed by atoms with Gasteiger partial charge in [-0.25, -0.2) is 0 Å². The van der Waals surface area contributed by atoms with Gasteiger partial charge in [-0.3, -0.25) is 0 Å². The first kappa shape index (κ1) is 17.3. The van der Waals surface area contributed by atoms with E-state index in [1.807, 2.05) is 11.8 Å². The number of benzene rings is 4. The molecule has 5 rings (SSSR count). The molecule has 4 aromatic rings. The third-order valence-electron chi connectivity index (χ3n) is 5.90. The molecule has 1 heterocycles. The van der Waals surface area contributed by atoms with Gasteiger partial charge >= 0.3 is 0 Å². The summed E-state index contributed by atoms with van der Waals surface area (Å²) in [7, 11) is 0. The summed E-state index contributed by atoms with van der Waals surface area (Å²) in [5, 5.41) is 0. The molecular formula is C27H22S. The van der Waals surface area contributed by atoms with E-state index in [0.29, 0.717) is 0 Å². The average molecular weight is 379 g/mol. The number of hydrogen-bond acceptors (Lipinski definition) is 1. The quantitative estimate of drug-likeness (QED) is 0.348. The summed E-state index contributed by atoms with van der Waals surface area (Å²) in [6, 6.07) is 35.5. The third kappa shape index (κ3) is 2.62. The monoisotopic (exact) mass is 378 g/mol. The predicted molar refractivity (Wildman–Crippen MR) is 119 cm³/mol. The Kier molecular flexibility index (Phi) is 4.14. The first-order chi connectivity index (χ1) is 13.7. The van der Waals surface area contributed by atoms with Crippen molar-refractivity contribution in [1.82, 2.24) is 0 Å². The summed E-state index contributed by atoms with van der Waals surface area (Å²) < 4.78 is 0. The Labute approximate surface area is 171 Å². The van der Waals surface area contributed by atoms with Gasteiger partial charge in [0, 0.05) is 15.2 Å². The highest BCUT2D eigenvalue weighted by molar-refractivity contribution is 7.99. The van der Waals surface area contributed by atoms with Crippen LogP contribution < -0.4 is 0 Å². The molecule has 0 bridgehead atoms. The van der Waals surface area contributed by atoms with Crippen molar-refractivity contribution >= 4 is 11.8 Å². The molecule has 0 saturated carbocycles. The fraction of sp³-hybridized carbons (Fsp3) is 0.111. The summed E-state index contributed by atoms with van der Waals surface area (Å²) in [6.45, 7) is 4.53. The van der Waals surface area contributed by atoms with Gasteiger partial charge in [0.25, 0.3) is 0 Å². The Balaban J connectivity index is 1.82. The first-order valence-electron chi connectivity index (χ1n) is 9.71. The van der Waals surface area contributed by atoms with E-state index in [2.05, 4.69) is 111 Å². The van der Waals surface area contributed by atoms with E-state index < -0.39 is 0 Å². The second-order valence-electron chi connectivity index (χ2n) is 7.63. The molecule has 0 saturated heterocycles. The fourth-order valence-corrected chi connectivity index (χ4v) is 5.69. The Hall–Kier alpha value is -2.77. The van der Waals surface area contributed by atoms with Gasteiger partial charge in [-0.05, 0) is 53.8 Å². The summed E-state index contributed by atoms with van der Waals surface area (Å²) >= 11 is 1.88. The van der Waals surface area contributed by atoms with Crippen LogP contribution in [0.25, 0.3) is 11.1 Å². The zero-order valence-corrected chi connectivity index (χ0v) is 17.0. The lowest BCUT2D eigenvalue weighted by molar-refractivity contribution is 0.656. The highest BCUT2D eigenvalue weighted by atomic mass is 32.2. The zero-order chi connectivity index (χ0) is 19.1. The van der Waals surface area contributed by atoms with Crippen molar-refractivity contribution in [3.8, 4) is 11.1 Å². The molecule has 28 heavy (non-hydrogen) atoms. The number of fused-ring (bicyclic) bond motifs is 2. The van der Waals surface area contributed by atoms with E-state index in [0.717, 1.165) is 0 Å². The first-order valence-corrected chi connectivity index (χ1v) is 10.5. The van der Waals surface area contributed by atoms with Gasteiger partial charge in [-0.2, -0.15) is 0 Å². The van der Waals surface area contributed by atoms with Crippen LogP contribution in [0.4, 0.5) is 0 Å². The molecule has 0 nitrogen and oxygen atoms in total. The molecule has 136 valence electrons. The van der Waals surface area contributed by atoms with Gasteiger partial charge < -0.3 is 0 Å². The predicted octanol–water partition coefficient (Wildman–Crippen LogP) is 7.48. The molecule has 0 radical (unpaired) electrons. The molecule has 1 aliphatic heterocycles. The van der Waals surface area contributed by atoms with Crippen molar-refractivity contribution in [1.29, 1.82) is 0 Å². The zero-order valence-electron chi connectivity index (χ0n) is 16.1. The van der Waals surface area contributed by atoms with Crippen molar-refractivity contribution in [2.24, 2.45) is 0 Å². The van der Waals surface area contributed by atoms with Gasteiger partial charge in [-0.15, -0.1) is 0 Å². The topological polar surface area (TPSA) is 0 Å². The lowest BCUT2D eigenvalue weighted by Gasteiger charge is -2.39. The van der Waals surface area contributed by atoms with Gasteiger partial charge in [0.05, 0.1) is 0 Å². The van der Waals surface area contributed by atoms with Crippen molar-refractivity contribution in [3.63, 3.8) is 0 Å². The summed E-state index contributed by atoms with van der Waals surface area (Å²) in [5.41, 5.74) is 7.81. The van der Waals surface area contributed by atoms with Crippen LogP contribution in [0.5, 0.6) is 0 Å². The highest BCUT2D eigenvalue weighted by Gasteiger charge is 2.39. The van der Waals surface area contributed by atoms with Crippen LogP contribution in [-0.2, 0) is 5.41 Å². The normalized spacial score (nSPS) is 14.2. The van der Waals surface area contributed by atoms with E-state index in [-0.39, 0.29) is 5.41 Å². The van der Waals surface area contributed by atoms with Crippen molar-refractivity contribution < 1.29 is 0 Å². The number of aryl methyl sites for hydroxylation is 1. The number of rotatable bonds is 2. The molecular weight excluding hydrogens is 356 g/mol. The van der Waals surface area contributed by atoms with Gasteiger partial charge in [0.2, 0.25) is 0 Å². The lowest BCUT2D eigenvalue weighted by Crippen LogP contribution is -2.29. The standard InChI is InChI=1S/C27H22S/c1-19-15-17-20(18-16-19)21-9-3-4-10-22(21)27(2)23-11-5-7-13-25(23)28-26-14-8-6-12-24(26)27/h3-18H,1-2H3. The molecule has 0 N–H and O–H groups in total. The maximum Gasteiger partial charge on any atom is 0.0451 e. The minimum Gasteiger partial charge on any atom is -0.0894 e. The van der Waals surface area contributed by atoms with E-state index in [1.54, 1.807) is 0 Å². The summed E-state index contributed by atoms with van der Waals surface area (Å²) in [5.74, 6) is 0. The van der Waals surface area contributed by atoms with Crippen molar-refractivity contribution in [2.45, 2.75) is 29.1 Å². The molecule has 0 amide bonds. The summed E-state index contributed by atoms with van der Waals surface area (Å²) in [4.78, 5) is 2.70. The molecule has 4 aromatic carbocycles. The van der Waals surface area contributed by atoms with Crippen LogP contribution in [0.3, 0.4) is 0 Å². The largest absolute Gasteiger partial charge is 0.0894 e. The Morgan fingerprint density at radius 3 is 1.68 bits per heavy atom. The molecule has 1 aliphatic rings. The van der Waals surface area contributed by atoms with E-state index in [4.69, 9.17) is 0 Å². The Morgan fingerprint density at radius 1 is 0.571 bits per heavy atom. The third-order valence-corrected chi connectivity index (χ3v) is 7.05. The van der Waals surface area contributed by atoms with Gasteiger partial charge in [0.15, 0.2) is 0 Å². The maximum atomic E-state index is 2.39. The van der Waals surface area contributed by atoms with Crippen molar-refractivity contribution in [3.05, 3.63) is 119 Å². The smallest absolute Gasteiger partial charge is 0.0451 e. The van der Waals surface area contributed by atoms with Crippen molar-refractivity contribution in [2.75, 3.05) is 0 Å². The maximum absolute atomic E-state index is 2.39. The fourth-order valence-electron chi connectivity index (χ4n) is 4.40. The number of hydrogen-bond donors (Lipinski definition) is 0. The molecule has 0 unspecified atom stereocenters. The second kappa shape index (κ2) is 6.68. The van der Waals surface area contributed by atoms with Crippen LogP contribution in [0.2, 0.25) is 0 Å². The van der Waals surface area contributed by atoms with Gasteiger partial charge in [-0.1, -0.05) is 102 Å². The minimum atomic E-state index is -0.195. The Bertz CT molecular complexity index is 1110. The Morgan fingerprint density at radius 2 is 1.07 bits per heavy atom. The van der Waals surface area contributed by atoms with Crippen LogP contribution in [0.15, 0.2) is 107 Å². The molecule has 0 aromatic heterocycles. The van der Waals surface area contributed by atoms with E-state index in [9.17, 15) is 0 Å². The highest BCUT2D eigenvalue weighted by Crippen LogP contribution is 2.53. The van der Waals surface area contributed by atoms with Gasteiger partial charge in [0.1, 0.15) is 0 Å². The molecule has 1 heteroatoms. The molecule has 0 atom stereocenters. The second-order valence-corrected chi connectivity index (χ2v) is 8.71. The molecule has 0 spiro atoms. The molecule has 0 fully saturated rings. The SMILES string of the molecule is Cc1ccc(-c2ccccc2C2(C)c3ccccc3Sc3ccccc32)cc1. The van der Waals surface area contributed by atoms with Crippen LogP contribution in [-0.4, -0.2) is 0 Å².